The van der Waals surface area contributed by atoms with Gasteiger partial charge in [0.2, 0.25) is 0 Å². The van der Waals surface area contributed by atoms with Crippen LogP contribution >= 0.6 is 0 Å². The van der Waals surface area contributed by atoms with E-state index in [-0.39, 0.29) is 17.7 Å². The Bertz CT molecular complexity index is 946. The van der Waals surface area contributed by atoms with Gasteiger partial charge in [0.05, 0.1) is 11.1 Å². The van der Waals surface area contributed by atoms with Crippen molar-refractivity contribution < 1.29 is 14.4 Å². The second-order valence-electron chi connectivity index (χ2n) is 7.57. The smallest absolute Gasteiger partial charge is 0.261 e. The Kier molecular flexibility index (Phi) is 5.34. The first kappa shape index (κ1) is 19.2. The molecule has 6 nitrogen and oxygen atoms in total. The summed E-state index contributed by atoms with van der Waals surface area (Å²) in [5, 5.41) is 2.87. The molecule has 0 aromatic heterocycles. The van der Waals surface area contributed by atoms with Gasteiger partial charge in [-0.05, 0) is 61.7 Å². The molecule has 2 heterocycles. The van der Waals surface area contributed by atoms with Crippen molar-refractivity contribution in [1.29, 1.82) is 0 Å². The first-order valence-corrected chi connectivity index (χ1v) is 10.2. The number of nitrogens with one attached hydrogen (secondary N) is 1. The monoisotopic (exact) mass is 391 g/mol. The Labute approximate surface area is 170 Å². The lowest BCUT2D eigenvalue weighted by molar-refractivity contribution is 0.0652. The Balaban J connectivity index is 1.47. The van der Waals surface area contributed by atoms with Gasteiger partial charge in [-0.15, -0.1) is 0 Å². The highest BCUT2D eigenvalue weighted by atomic mass is 16.2. The van der Waals surface area contributed by atoms with E-state index in [2.05, 4.69) is 10.2 Å². The maximum atomic E-state index is 12.7. The van der Waals surface area contributed by atoms with E-state index in [1.165, 1.54) is 23.8 Å². The van der Waals surface area contributed by atoms with Gasteiger partial charge >= 0.3 is 0 Å². The van der Waals surface area contributed by atoms with Crippen LogP contribution in [0.2, 0.25) is 0 Å². The number of amides is 3. The van der Waals surface area contributed by atoms with Crippen molar-refractivity contribution in [3.8, 4) is 0 Å². The van der Waals surface area contributed by atoms with Crippen LogP contribution in [0.3, 0.4) is 0 Å². The molecule has 4 rings (SSSR count). The van der Waals surface area contributed by atoms with Gasteiger partial charge in [-0.1, -0.05) is 13.3 Å². The molecule has 1 fully saturated rings. The zero-order chi connectivity index (χ0) is 20.4. The number of anilines is 2. The molecule has 0 spiro atoms. The molecule has 2 aliphatic heterocycles. The van der Waals surface area contributed by atoms with Crippen molar-refractivity contribution in [1.82, 2.24) is 4.90 Å². The average Bonchev–Trinajstić information content (AvgIpc) is 3.35. The van der Waals surface area contributed by atoms with E-state index >= 15 is 0 Å². The fourth-order valence-electron chi connectivity index (χ4n) is 3.89. The minimum absolute atomic E-state index is 0.275. The molecule has 0 saturated carbocycles. The second kappa shape index (κ2) is 8.07. The molecular formula is C23H25N3O3. The molecule has 1 saturated heterocycles. The summed E-state index contributed by atoms with van der Waals surface area (Å²) in [4.78, 5) is 41.3. The number of nitrogens with zero attached hydrogens (tertiary/aromatic N) is 2. The molecule has 0 radical (unpaired) electrons. The third-order valence-electron chi connectivity index (χ3n) is 5.56. The van der Waals surface area contributed by atoms with Crippen LogP contribution in [-0.2, 0) is 0 Å². The highest BCUT2D eigenvalue weighted by Crippen LogP contribution is 2.26. The summed E-state index contributed by atoms with van der Waals surface area (Å²) in [5.41, 5.74) is 2.91. The quantitative estimate of drug-likeness (QED) is 0.758. The summed E-state index contributed by atoms with van der Waals surface area (Å²) in [6.07, 6.45) is 4.10. The Morgan fingerprint density at radius 3 is 2.34 bits per heavy atom. The van der Waals surface area contributed by atoms with Gasteiger partial charge in [-0.25, -0.2) is 0 Å². The highest BCUT2D eigenvalue weighted by Gasteiger charge is 2.35. The SMILES string of the molecule is CCCCN1C(=O)c2ccc(C(=O)Nc3ccc(N4CCCC4)cc3)cc2C1=O. The number of unbranched alkanes of at least 4 members (excludes halogenated alkanes) is 1. The normalized spacial score (nSPS) is 15.8. The predicted molar refractivity (Wildman–Crippen MR) is 113 cm³/mol. The maximum absolute atomic E-state index is 12.7. The Morgan fingerprint density at radius 1 is 0.966 bits per heavy atom. The molecule has 29 heavy (non-hydrogen) atoms. The standard InChI is InChI=1S/C23H25N3O3/c1-2-3-14-26-22(28)19-11-6-16(15-20(19)23(26)29)21(27)24-17-7-9-18(10-8-17)25-12-4-5-13-25/h6-11,15H,2-5,12-14H2,1H3,(H,24,27). The molecule has 1 N–H and O–H groups in total. The number of imide groups is 1. The molecule has 0 atom stereocenters. The number of carbonyl (C=O) groups excluding carboxylic acids is 3. The average molecular weight is 391 g/mol. The van der Waals surface area contributed by atoms with Gasteiger partial charge in [0, 0.05) is 36.6 Å². The predicted octanol–water partition coefficient (Wildman–Crippen LogP) is 3.94. The lowest BCUT2D eigenvalue weighted by Gasteiger charge is -2.17. The van der Waals surface area contributed by atoms with E-state index in [9.17, 15) is 14.4 Å². The van der Waals surface area contributed by atoms with Crippen LogP contribution < -0.4 is 10.2 Å². The van der Waals surface area contributed by atoms with Crippen LogP contribution in [0.5, 0.6) is 0 Å². The number of benzene rings is 2. The van der Waals surface area contributed by atoms with Gasteiger partial charge in [0.15, 0.2) is 0 Å². The topological polar surface area (TPSA) is 69.7 Å². The molecular weight excluding hydrogens is 366 g/mol. The molecule has 2 aromatic rings. The first-order chi connectivity index (χ1) is 14.1. The second-order valence-corrected chi connectivity index (χ2v) is 7.57. The van der Waals surface area contributed by atoms with Crippen LogP contribution in [0, 0.1) is 0 Å². The zero-order valence-electron chi connectivity index (χ0n) is 16.6. The lowest BCUT2D eigenvalue weighted by Crippen LogP contribution is -2.30. The highest BCUT2D eigenvalue weighted by molar-refractivity contribution is 6.22. The van der Waals surface area contributed by atoms with Crippen molar-refractivity contribution in [2.24, 2.45) is 0 Å². The summed E-state index contributed by atoms with van der Waals surface area (Å²) in [5.74, 6) is -0.889. The molecule has 150 valence electrons. The van der Waals surface area contributed by atoms with Crippen LogP contribution in [-0.4, -0.2) is 42.3 Å². The van der Waals surface area contributed by atoms with Crippen molar-refractivity contribution >= 4 is 29.1 Å². The van der Waals surface area contributed by atoms with Crippen LogP contribution in [0.4, 0.5) is 11.4 Å². The largest absolute Gasteiger partial charge is 0.372 e. The van der Waals surface area contributed by atoms with Crippen molar-refractivity contribution in [3.05, 3.63) is 59.2 Å². The number of carbonyl (C=O) groups is 3. The molecule has 2 aliphatic rings. The van der Waals surface area contributed by atoms with Crippen LogP contribution in [0.15, 0.2) is 42.5 Å². The third kappa shape index (κ3) is 3.75. The van der Waals surface area contributed by atoms with Gasteiger partial charge in [-0.2, -0.15) is 0 Å². The van der Waals surface area contributed by atoms with Gasteiger partial charge in [-0.3, -0.25) is 19.3 Å². The van der Waals surface area contributed by atoms with E-state index in [4.69, 9.17) is 0 Å². The number of rotatable bonds is 6. The molecule has 6 heteroatoms. The number of hydrogen-bond donors (Lipinski definition) is 1. The van der Waals surface area contributed by atoms with E-state index < -0.39 is 0 Å². The molecule has 0 aliphatic carbocycles. The molecule has 0 unspecified atom stereocenters. The van der Waals surface area contributed by atoms with Gasteiger partial charge < -0.3 is 10.2 Å². The zero-order valence-corrected chi connectivity index (χ0v) is 16.6. The summed E-state index contributed by atoms with van der Waals surface area (Å²) in [6.45, 7) is 4.57. The number of hydrogen-bond acceptors (Lipinski definition) is 4. The van der Waals surface area contributed by atoms with Crippen LogP contribution in [0.25, 0.3) is 0 Å². The first-order valence-electron chi connectivity index (χ1n) is 10.2. The minimum Gasteiger partial charge on any atom is -0.372 e. The third-order valence-corrected chi connectivity index (χ3v) is 5.56. The van der Waals surface area contributed by atoms with Crippen molar-refractivity contribution in [2.45, 2.75) is 32.6 Å². The van der Waals surface area contributed by atoms with Gasteiger partial charge in [0.25, 0.3) is 17.7 Å². The Morgan fingerprint density at radius 2 is 1.66 bits per heavy atom. The van der Waals surface area contributed by atoms with Crippen molar-refractivity contribution in [3.63, 3.8) is 0 Å². The van der Waals surface area contributed by atoms with Crippen LogP contribution in [0.1, 0.15) is 63.7 Å². The summed E-state index contributed by atoms with van der Waals surface area (Å²) in [6, 6.07) is 12.5. The summed E-state index contributed by atoms with van der Waals surface area (Å²) >= 11 is 0. The maximum Gasteiger partial charge on any atom is 0.261 e. The van der Waals surface area contributed by atoms with Gasteiger partial charge in [0.1, 0.15) is 0 Å². The number of fused-ring (bicyclic) bond motifs is 1. The lowest BCUT2D eigenvalue weighted by atomic mass is 10.1. The van der Waals surface area contributed by atoms with E-state index in [0.717, 1.165) is 31.6 Å². The van der Waals surface area contributed by atoms with E-state index in [1.54, 1.807) is 12.1 Å². The molecule has 3 amide bonds. The molecule has 2 aromatic carbocycles. The fraction of sp³-hybridized carbons (Fsp3) is 0.348. The van der Waals surface area contributed by atoms with E-state index in [1.807, 2.05) is 31.2 Å². The molecule has 0 bridgehead atoms. The summed E-state index contributed by atoms with van der Waals surface area (Å²) < 4.78 is 0. The van der Waals surface area contributed by atoms with E-state index in [0.29, 0.717) is 28.9 Å². The fourth-order valence-corrected chi connectivity index (χ4v) is 3.89. The summed E-state index contributed by atoms with van der Waals surface area (Å²) in [7, 11) is 0. The van der Waals surface area contributed by atoms with Crippen molar-refractivity contribution in [2.75, 3.05) is 29.9 Å². The Hall–Kier alpha value is -3.15. The minimum atomic E-state index is -0.317.